The monoisotopic (exact) mass is 270 g/mol. The highest BCUT2D eigenvalue weighted by Crippen LogP contribution is 2.21. The number of hydrogen-bond donors (Lipinski definition) is 3. The van der Waals surface area contributed by atoms with Crippen LogP contribution in [0, 0.1) is 0 Å². The van der Waals surface area contributed by atoms with Gasteiger partial charge in [-0.3, -0.25) is 4.79 Å². The molecule has 0 saturated heterocycles. The highest BCUT2D eigenvalue weighted by Gasteiger charge is 2.31. The lowest BCUT2D eigenvalue weighted by molar-refractivity contribution is -0.209. The molecule has 1 aromatic carbocycles. The van der Waals surface area contributed by atoms with Gasteiger partial charge in [0.1, 0.15) is 24.5 Å². The highest BCUT2D eigenvalue weighted by molar-refractivity contribution is 5.93. The molecule has 0 atom stereocenters. The summed E-state index contributed by atoms with van der Waals surface area (Å²) in [6.45, 7) is -0.768. The van der Waals surface area contributed by atoms with E-state index in [1.807, 2.05) is 0 Å². The maximum atomic E-state index is 11.8. The molecule has 0 aliphatic carbocycles. The number of aliphatic hydroxyl groups excluding tert-OH is 2. The van der Waals surface area contributed by atoms with E-state index in [-0.39, 0.29) is 11.3 Å². The van der Waals surface area contributed by atoms with Crippen LogP contribution in [0.1, 0.15) is 17.3 Å². The van der Waals surface area contributed by atoms with Gasteiger partial charge in [0.05, 0.1) is 0 Å². The lowest BCUT2D eigenvalue weighted by Gasteiger charge is -2.23. The van der Waals surface area contributed by atoms with Gasteiger partial charge >= 0.3 is 11.9 Å². The number of aliphatic hydroxyl groups is 3. The van der Waals surface area contributed by atoms with Crippen molar-refractivity contribution in [1.82, 2.24) is 0 Å². The predicted molar refractivity (Wildman–Crippen MR) is 62.3 cm³/mol. The van der Waals surface area contributed by atoms with E-state index >= 15 is 0 Å². The summed E-state index contributed by atoms with van der Waals surface area (Å²) in [4.78, 5) is 22.7. The third-order valence-electron chi connectivity index (χ3n) is 2.14. The second-order valence-corrected chi connectivity index (χ2v) is 3.74. The first-order valence-corrected chi connectivity index (χ1v) is 5.37. The summed E-state index contributed by atoms with van der Waals surface area (Å²) in [6, 6.07) is 5.73. The molecule has 104 valence electrons. The van der Waals surface area contributed by atoms with Crippen LogP contribution in [0.5, 0.6) is 5.75 Å². The Balaban J connectivity index is 2.96. The molecular formula is C12H14O7. The van der Waals surface area contributed by atoms with Crippen molar-refractivity contribution in [2.45, 2.75) is 12.7 Å². The minimum absolute atomic E-state index is 0.0433. The standard InChI is InChI=1S/C12H14O7/c1-8(15)18-10-5-3-2-4-9(10)11(16)19-12(17,6-13)7-14/h2-5,13-14,17H,6-7H2,1H3. The fraction of sp³-hybridized carbons (Fsp3) is 0.333. The third kappa shape index (κ3) is 4.02. The zero-order valence-corrected chi connectivity index (χ0v) is 10.2. The van der Waals surface area contributed by atoms with Gasteiger partial charge in [0.2, 0.25) is 0 Å². The Labute approximate surface area is 109 Å². The lowest BCUT2D eigenvalue weighted by Crippen LogP contribution is -2.42. The average Bonchev–Trinajstić information content (AvgIpc) is 2.38. The maximum Gasteiger partial charge on any atom is 0.344 e. The van der Waals surface area contributed by atoms with E-state index < -0.39 is 30.9 Å². The second kappa shape index (κ2) is 6.28. The van der Waals surface area contributed by atoms with E-state index in [9.17, 15) is 14.7 Å². The molecule has 0 spiro atoms. The van der Waals surface area contributed by atoms with Crippen LogP contribution in [-0.4, -0.2) is 46.3 Å². The number of benzene rings is 1. The molecular weight excluding hydrogens is 256 g/mol. The molecule has 0 unspecified atom stereocenters. The normalized spacial score (nSPS) is 10.9. The molecule has 3 N–H and O–H groups in total. The SMILES string of the molecule is CC(=O)Oc1ccccc1C(=O)OC(O)(CO)CO. The smallest absolute Gasteiger partial charge is 0.344 e. The Hall–Kier alpha value is -1.96. The molecule has 0 aliphatic heterocycles. The minimum Gasteiger partial charge on any atom is -0.426 e. The number of para-hydroxylation sites is 1. The van der Waals surface area contributed by atoms with Crippen LogP contribution in [0.15, 0.2) is 24.3 Å². The Bertz CT molecular complexity index is 465. The molecule has 0 aliphatic rings. The van der Waals surface area contributed by atoms with E-state index in [1.54, 1.807) is 6.07 Å². The Morgan fingerprint density at radius 3 is 2.32 bits per heavy atom. The highest BCUT2D eigenvalue weighted by atomic mass is 16.7. The van der Waals surface area contributed by atoms with E-state index in [1.165, 1.54) is 25.1 Å². The summed E-state index contributed by atoms with van der Waals surface area (Å²) in [5.74, 6) is -4.10. The van der Waals surface area contributed by atoms with Crippen molar-refractivity contribution in [3.05, 3.63) is 29.8 Å². The van der Waals surface area contributed by atoms with Crippen LogP contribution in [-0.2, 0) is 9.53 Å². The van der Waals surface area contributed by atoms with Gasteiger partial charge in [-0.05, 0) is 12.1 Å². The van der Waals surface area contributed by atoms with Crippen molar-refractivity contribution >= 4 is 11.9 Å². The van der Waals surface area contributed by atoms with Gasteiger partial charge in [-0.1, -0.05) is 12.1 Å². The third-order valence-corrected chi connectivity index (χ3v) is 2.14. The van der Waals surface area contributed by atoms with Crippen LogP contribution in [0.3, 0.4) is 0 Å². The molecule has 1 aromatic rings. The van der Waals surface area contributed by atoms with Gasteiger partial charge in [0, 0.05) is 6.92 Å². The van der Waals surface area contributed by atoms with Crippen molar-refractivity contribution in [3.8, 4) is 5.75 Å². The van der Waals surface area contributed by atoms with Crippen molar-refractivity contribution < 1.29 is 34.4 Å². The number of hydrogen-bond acceptors (Lipinski definition) is 7. The number of ether oxygens (including phenoxy) is 2. The Morgan fingerprint density at radius 1 is 1.21 bits per heavy atom. The molecule has 19 heavy (non-hydrogen) atoms. The zero-order valence-electron chi connectivity index (χ0n) is 10.2. The van der Waals surface area contributed by atoms with Crippen LogP contribution in [0.4, 0.5) is 0 Å². The molecule has 1 rings (SSSR count). The largest absolute Gasteiger partial charge is 0.426 e. The summed E-state index contributed by atoms with van der Waals surface area (Å²) in [6.07, 6.45) is 0. The molecule has 0 aromatic heterocycles. The summed E-state index contributed by atoms with van der Waals surface area (Å²) < 4.78 is 9.37. The summed E-state index contributed by atoms with van der Waals surface area (Å²) in [7, 11) is 0. The number of rotatable bonds is 5. The quantitative estimate of drug-likeness (QED) is 0.373. The van der Waals surface area contributed by atoms with Crippen LogP contribution >= 0.6 is 0 Å². The van der Waals surface area contributed by atoms with Gasteiger partial charge < -0.3 is 24.8 Å². The van der Waals surface area contributed by atoms with Crippen molar-refractivity contribution in [3.63, 3.8) is 0 Å². The second-order valence-electron chi connectivity index (χ2n) is 3.74. The Kier molecular flexibility index (Phi) is 4.99. The van der Waals surface area contributed by atoms with Crippen molar-refractivity contribution in [2.24, 2.45) is 0 Å². The van der Waals surface area contributed by atoms with E-state index in [2.05, 4.69) is 4.74 Å². The fourth-order valence-corrected chi connectivity index (χ4v) is 1.22. The van der Waals surface area contributed by atoms with Gasteiger partial charge in [0.25, 0.3) is 5.79 Å². The zero-order chi connectivity index (χ0) is 14.5. The molecule has 0 saturated carbocycles. The van der Waals surface area contributed by atoms with Gasteiger partial charge in [0.15, 0.2) is 0 Å². The Morgan fingerprint density at radius 2 is 1.79 bits per heavy atom. The molecule has 0 bridgehead atoms. The minimum atomic E-state index is -2.39. The predicted octanol–water partition coefficient (Wildman–Crippen LogP) is -0.558. The van der Waals surface area contributed by atoms with Crippen LogP contribution in [0.25, 0.3) is 0 Å². The van der Waals surface area contributed by atoms with Crippen LogP contribution in [0.2, 0.25) is 0 Å². The first-order chi connectivity index (χ1) is 8.91. The summed E-state index contributed by atoms with van der Waals surface area (Å²) in [5.41, 5.74) is -0.113. The van der Waals surface area contributed by atoms with E-state index in [0.29, 0.717) is 0 Å². The first kappa shape index (κ1) is 15.1. The summed E-state index contributed by atoms with van der Waals surface area (Å²) in [5, 5.41) is 27.1. The summed E-state index contributed by atoms with van der Waals surface area (Å²) >= 11 is 0. The maximum absolute atomic E-state index is 11.8. The van der Waals surface area contributed by atoms with E-state index in [4.69, 9.17) is 14.9 Å². The van der Waals surface area contributed by atoms with Gasteiger partial charge in [-0.15, -0.1) is 0 Å². The van der Waals surface area contributed by atoms with E-state index in [0.717, 1.165) is 0 Å². The number of esters is 2. The lowest BCUT2D eigenvalue weighted by atomic mass is 10.2. The first-order valence-electron chi connectivity index (χ1n) is 5.37. The molecule has 7 nitrogen and oxygen atoms in total. The van der Waals surface area contributed by atoms with Gasteiger partial charge in [-0.25, -0.2) is 4.79 Å². The molecule has 0 heterocycles. The number of carbonyl (C=O) groups excluding carboxylic acids is 2. The topological polar surface area (TPSA) is 113 Å². The van der Waals surface area contributed by atoms with Gasteiger partial charge in [-0.2, -0.15) is 0 Å². The average molecular weight is 270 g/mol. The number of carbonyl (C=O) groups is 2. The fourth-order valence-electron chi connectivity index (χ4n) is 1.22. The van der Waals surface area contributed by atoms with Crippen LogP contribution < -0.4 is 4.74 Å². The van der Waals surface area contributed by atoms with Crippen molar-refractivity contribution in [2.75, 3.05) is 13.2 Å². The molecule has 0 fully saturated rings. The molecule has 0 amide bonds. The molecule has 0 radical (unpaired) electrons. The van der Waals surface area contributed by atoms with Crippen molar-refractivity contribution in [1.29, 1.82) is 0 Å². The molecule has 7 heteroatoms.